The van der Waals surface area contributed by atoms with E-state index >= 15 is 0 Å². The normalized spacial score (nSPS) is 9.76. The number of ether oxygens (including phenoxy) is 1. The molecule has 0 aliphatic heterocycles. The molecule has 0 radical (unpaired) electrons. The number of nitriles is 1. The monoisotopic (exact) mass is 315 g/mol. The van der Waals surface area contributed by atoms with Gasteiger partial charge in [0.15, 0.2) is 0 Å². The maximum Gasteiger partial charge on any atom is 0.310 e. The van der Waals surface area contributed by atoms with E-state index in [-0.39, 0.29) is 12.4 Å². The van der Waals surface area contributed by atoms with Gasteiger partial charge in [-0.25, -0.2) is 0 Å². The minimum Gasteiger partial charge on any atom is -0.466 e. The summed E-state index contributed by atoms with van der Waals surface area (Å²) < 4.78 is 4.88. The number of benzene rings is 1. The van der Waals surface area contributed by atoms with Crippen molar-refractivity contribution in [2.24, 2.45) is 0 Å². The lowest BCUT2D eigenvalue weighted by Gasteiger charge is -2.10. The van der Waals surface area contributed by atoms with Gasteiger partial charge in [0.1, 0.15) is 6.07 Å². The zero-order valence-corrected chi connectivity index (χ0v) is 11.6. The van der Waals surface area contributed by atoms with E-state index < -0.39 is 0 Å². The SMILES string of the molecule is CCOC(=O)Cc1c(CBr)ccc(C#N)c1Cl. The first-order valence-corrected chi connectivity index (χ1v) is 6.55. The Bertz CT molecular complexity index is 468. The molecule has 0 heterocycles. The van der Waals surface area contributed by atoms with Crippen molar-refractivity contribution < 1.29 is 9.53 Å². The van der Waals surface area contributed by atoms with Crippen LogP contribution in [0.4, 0.5) is 0 Å². The minimum atomic E-state index is -0.341. The molecule has 17 heavy (non-hydrogen) atoms. The van der Waals surface area contributed by atoms with Crippen LogP contribution in [0.5, 0.6) is 0 Å². The van der Waals surface area contributed by atoms with Crippen molar-refractivity contribution >= 4 is 33.5 Å². The molecule has 0 bridgehead atoms. The quantitative estimate of drug-likeness (QED) is 0.633. The van der Waals surface area contributed by atoms with Gasteiger partial charge in [-0.2, -0.15) is 5.26 Å². The molecule has 0 atom stereocenters. The largest absolute Gasteiger partial charge is 0.466 e. The number of carbonyl (C=O) groups is 1. The third-order valence-corrected chi connectivity index (χ3v) is 3.27. The number of hydrogen-bond donors (Lipinski definition) is 0. The highest BCUT2D eigenvalue weighted by atomic mass is 79.9. The smallest absolute Gasteiger partial charge is 0.310 e. The number of carbonyl (C=O) groups excluding carboxylic acids is 1. The summed E-state index contributed by atoms with van der Waals surface area (Å²) in [6.07, 6.45) is 0.0864. The Balaban J connectivity index is 3.11. The van der Waals surface area contributed by atoms with Crippen LogP contribution in [-0.2, 0) is 21.3 Å². The molecule has 1 aromatic rings. The summed E-state index contributed by atoms with van der Waals surface area (Å²) in [5, 5.41) is 9.79. The summed E-state index contributed by atoms with van der Waals surface area (Å²) >= 11 is 9.41. The molecule has 0 aliphatic carbocycles. The third-order valence-electron chi connectivity index (χ3n) is 2.23. The average molecular weight is 317 g/mol. The second-order valence-corrected chi connectivity index (χ2v) is 4.23. The van der Waals surface area contributed by atoms with E-state index in [1.165, 1.54) is 0 Å². The molecule has 0 aliphatic rings. The highest BCUT2D eigenvalue weighted by Crippen LogP contribution is 2.26. The molecule has 1 aromatic carbocycles. The van der Waals surface area contributed by atoms with Crippen molar-refractivity contribution in [3.05, 3.63) is 33.8 Å². The molecular weight excluding hydrogens is 305 g/mol. The van der Waals surface area contributed by atoms with Gasteiger partial charge < -0.3 is 4.74 Å². The molecule has 3 nitrogen and oxygen atoms in total. The molecule has 90 valence electrons. The summed E-state index contributed by atoms with van der Waals surface area (Å²) in [5.74, 6) is -0.341. The third kappa shape index (κ3) is 3.45. The number of esters is 1. The number of hydrogen-bond acceptors (Lipinski definition) is 3. The van der Waals surface area contributed by atoms with Crippen molar-refractivity contribution in [1.29, 1.82) is 5.26 Å². The molecule has 5 heteroatoms. The second kappa shape index (κ2) is 6.63. The molecule has 0 N–H and O–H groups in total. The molecule has 1 rings (SSSR count). The van der Waals surface area contributed by atoms with Gasteiger partial charge in [-0.3, -0.25) is 4.79 Å². The lowest BCUT2D eigenvalue weighted by molar-refractivity contribution is -0.142. The average Bonchev–Trinajstić information content (AvgIpc) is 2.32. The van der Waals surface area contributed by atoms with Crippen molar-refractivity contribution in [2.75, 3.05) is 6.61 Å². The number of rotatable bonds is 4. The van der Waals surface area contributed by atoms with Crippen molar-refractivity contribution in [3.63, 3.8) is 0 Å². The highest BCUT2D eigenvalue weighted by Gasteiger charge is 2.15. The first-order valence-electron chi connectivity index (χ1n) is 5.06. The van der Waals surface area contributed by atoms with E-state index in [9.17, 15) is 4.79 Å². The van der Waals surface area contributed by atoms with Gasteiger partial charge in [0.2, 0.25) is 0 Å². The van der Waals surface area contributed by atoms with Crippen LogP contribution in [0.1, 0.15) is 23.6 Å². The number of alkyl halides is 1. The van der Waals surface area contributed by atoms with E-state index in [0.29, 0.717) is 28.1 Å². The summed E-state index contributed by atoms with van der Waals surface area (Å²) in [6, 6.07) is 5.42. The fraction of sp³-hybridized carbons (Fsp3) is 0.333. The van der Waals surface area contributed by atoms with Gasteiger partial charge in [-0.15, -0.1) is 0 Å². The van der Waals surface area contributed by atoms with Crippen LogP contribution in [0.2, 0.25) is 5.02 Å². The second-order valence-electron chi connectivity index (χ2n) is 3.29. The van der Waals surface area contributed by atoms with Gasteiger partial charge in [-0.05, 0) is 24.1 Å². The highest BCUT2D eigenvalue weighted by molar-refractivity contribution is 9.08. The zero-order chi connectivity index (χ0) is 12.8. The fourth-order valence-corrected chi connectivity index (χ4v) is 2.24. The lowest BCUT2D eigenvalue weighted by atomic mass is 10.0. The molecule has 0 saturated carbocycles. The predicted molar refractivity (Wildman–Crippen MR) is 69.1 cm³/mol. The Morgan fingerprint density at radius 3 is 2.82 bits per heavy atom. The van der Waals surface area contributed by atoms with E-state index in [0.717, 1.165) is 5.56 Å². The van der Waals surface area contributed by atoms with Gasteiger partial charge in [0.05, 0.1) is 23.6 Å². The van der Waals surface area contributed by atoms with Crippen LogP contribution in [0, 0.1) is 11.3 Å². The van der Waals surface area contributed by atoms with Crippen LogP contribution in [0.25, 0.3) is 0 Å². The fourth-order valence-electron chi connectivity index (χ4n) is 1.42. The van der Waals surface area contributed by atoms with Gasteiger partial charge in [0.25, 0.3) is 0 Å². The minimum absolute atomic E-state index is 0.0864. The summed E-state index contributed by atoms with van der Waals surface area (Å²) in [7, 11) is 0. The zero-order valence-electron chi connectivity index (χ0n) is 9.30. The van der Waals surface area contributed by atoms with Crippen molar-refractivity contribution in [3.8, 4) is 6.07 Å². The summed E-state index contributed by atoms with van der Waals surface area (Å²) in [4.78, 5) is 11.5. The van der Waals surface area contributed by atoms with Crippen LogP contribution in [-0.4, -0.2) is 12.6 Å². The van der Waals surface area contributed by atoms with Crippen LogP contribution >= 0.6 is 27.5 Å². The molecule has 0 saturated heterocycles. The molecule has 0 fully saturated rings. The van der Waals surface area contributed by atoms with E-state index in [2.05, 4.69) is 15.9 Å². The van der Waals surface area contributed by atoms with Gasteiger partial charge in [-0.1, -0.05) is 33.6 Å². The molecule has 0 amide bonds. The standard InChI is InChI=1S/C12H11BrClNO2/c1-2-17-11(16)5-10-8(6-13)3-4-9(7-15)12(10)14/h3-4H,2,5-6H2,1H3. The number of nitrogens with zero attached hydrogens (tertiary/aromatic N) is 1. The lowest BCUT2D eigenvalue weighted by Crippen LogP contribution is -2.10. The van der Waals surface area contributed by atoms with Crippen LogP contribution in [0.3, 0.4) is 0 Å². The molecule has 0 spiro atoms. The Morgan fingerprint density at radius 1 is 1.59 bits per heavy atom. The molecule has 0 unspecified atom stereocenters. The van der Waals surface area contributed by atoms with Crippen LogP contribution in [0.15, 0.2) is 12.1 Å². The summed E-state index contributed by atoms with van der Waals surface area (Å²) in [6.45, 7) is 2.08. The van der Waals surface area contributed by atoms with E-state index in [1.807, 2.05) is 6.07 Å². The molecule has 0 aromatic heterocycles. The van der Waals surface area contributed by atoms with Crippen LogP contribution < -0.4 is 0 Å². The Labute approximate surface area is 113 Å². The number of halogens is 2. The first kappa shape index (κ1) is 14.0. The van der Waals surface area contributed by atoms with Crippen molar-refractivity contribution in [2.45, 2.75) is 18.7 Å². The summed E-state index contributed by atoms with van der Waals surface area (Å²) in [5.41, 5.74) is 1.92. The Hall–Kier alpha value is -1.05. The van der Waals surface area contributed by atoms with Crippen molar-refractivity contribution in [1.82, 2.24) is 0 Å². The Kier molecular flexibility index (Phi) is 5.46. The molecular formula is C12H11BrClNO2. The Morgan fingerprint density at radius 2 is 2.29 bits per heavy atom. The van der Waals surface area contributed by atoms with Gasteiger partial charge in [0, 0.05) is 5.33 Å². The van der Waals surface area contributed by atoms with Gasteiger partial charge >= 0.3 is 5.97 Å². The first-order chi connectivity index (χ1) is 8.13. The predicted octanol–water partition coefficient (Wildman–Crippen LogP) is 3.21. The topological polar surface area (TPSA) is 50.1 Å². The maximum absolute atomic E-state index is 11.5. The van der Waals surface area contributed by atoms with E-state index in [4.69, 9.17) is 21.6 Å². The maximum atomic E-state index is 11.5. The van der Waals surface area contributed by atoms with E-state index in [1.54, 1.807) is 19.1 Å².